The first-order chi connectivity index (χ1) is 14.8. The van der Waals surface area contributed by atoms with Crippen LogP contribution < -0.4 is 10.5 Å². The predicted octanol–water partition coefficient (Wildman–Crippen LogP) is 2.97. The summed E-state index contributed by atoms with van der Waals surface area (Å²) in [6, 6.07) is 3.51. The second kappa shape index (κ2) is 10.1. The second-order valence-corrected chi connectivity index (χ2v) is 8.40. The highest BCUT2D eigenvalue weighted by Crippen LogP contribution is 2.38. The van der Waals surface area contributed by atoms with Gasteiger partial charge in [-0.25, -0.2) is 15.0 Å². The molecule has 2 aromatic rings. The Balaban J connectivity index is 1.74. The molecule has 0 radical (unpaired) electrons. The van der Waals surface area contributed by atoms with E-state index in [9.17, 15) is 13.6 Å². The Kier molecular flexibility index (Phi) is 7.50. The molecule has 2 aromatic heterocycles. The highest BCUT2D eigenvalue weighted by Gasteiger charge is 2.36. The van der Waals surface area contributed by atoms with Gasteiger partial charge in [0, 0.05) is 17.9 Å². The Morgan fingerprint density at radius 2 is 2.16 bits per heavy atom. The van der Waals surface area contributed by atoms with Crippen molar-refractivity contribution in [3.05, 3.63) is 47.7 Å². The largest absolute Gasteiger partial charge is 0.477 e. The fraction of sp³-hybridized carbons (Fsp3) is 0.450. The maximum absolute atomic E-state index is 12.6. The van der Waals surface area contributed by atoms with Crippen LogP contribution in [0.5, 0.6) is 5.88 Å². The molecule has 0 fully saturated rings. The van der Waals surface area contributed by atoms with E-state index in [4.69, 9.17) is 10.5 Å². The maximum Gasteiger partial charge on any atom is 0.345 e. The highest BCUT2D eigenvalue weighted by atomic mass is 32.2. The summed E-state index contributed by atoms with van der Waals surface area (Å²) in [4.78, 5) is 29.7. The van der Waals surface area contributed by atoms with Crippen molar-refractivity contribution < 1.29 is 23.0 Å². The lowest BCUT2D eigenvalue weighted by Gasteiger charge is -2.33. The molecule has 0 aliphatic carbocycles. The Hall–Kier alpha value is -2.66. The fourth-order valence-electron chi connectivity index (χ4n) is 3.24. The summed E-state index contributed by atoms with van der Waals surface area (Å²) in [5.41, 5.74) is 6.67. The van der Waals surface area contributed by atoms with E-state index in [0.717, 1.165) is 5.56 Å². The van der Waals surface area contributed by atoms with Gasteiger partial charge >= 0.3 is 6.61 Å². The lowest BCUT2D eigenvalue weighted by molar-refractivity contribution is -0.128. The summed E-state index contributed by atoms with van der Waals surface area (Å²) in [5, 5.41) is -0.00715. The summed E-state index contributed by atoms with van der Waals surface area (Å²) in [5.74, 6) is 0.150. The molecule has 0 unspecified atom stereocenters. The number of nitrogens with zero attached hydrogens (tertiary/aromatic N) is 4. The number of alkyl halides is 2. The summed E-state index contributed by atoms with van der Waals surface area (Å²) in [6.07, 6.45) is 4.90. The van der Waals surface area contributed by atoms with E-state index in [1.54, 1.807) is 18.3 Å². The van der Waals surface area contributed by atoms with Crippen molar-refractivity contribution in [3.8, 4) is 5.88 Å². The van der Waals surface area contributed by atoms with Crippen LogP contribution in [-0.2, 0) is 16.7 Å². The van der Waals surface area contributed by atoms with E-state index >= 15 is 0 Å². The van der Waals surface area contributed by atoms with E-state index < -0.39 is 12.2 Å². The van der Waals surface area contributed by atoms with E-state index in [-0.39, 0.29) is 34.9 Å². The van der Waals surface area contributed by atoms with Gasteiger partial charge in [0.25, 0.3) is 0 Å². The molecule has 2 N–H and O–H groups in total. The van der Waals surface area contributed by atoms with Gasteiger partial charge in [-0.2, -0.15) is 8.78 Å². The van der Waals surface area contributed by atoms with Crippen LogP contribution in [0, 0.1) is 0 Å². The third-order valence-corrected chi connectivity index (χ3v) is 5.59. The molecular weight excluding hydrogens is 428 g/mol. The second-order valence-electron chi connectivity index (χ2n) is 7.08. The number of Topliss-reactive ketones (excluding diaryl/α,β-unsaturated/α-hetero) is 1. The number of rotatable bonds is 9. The number of thioether (sulfide) groups is 1. The molecule has 31 heavy (non-hydrogen) atoms. The molecule has 3 rings (SSSR count). The lowest BCUT2D eigenvalue weighted by atomic mass is 9.90. The van der Waals surface area contributed by atoms with Crippen molar-refractivity contribution in [1.82, 2.24) is 15.0 Å². The number of amidine groups is 1. The van der Waals surface area contributed by atoms with E-state index in [0.29, 0.717) is 24.6 Å². The summed E-state index contributed by atoms with van der Waals surface area (Å²) in [6.45, 7) is 1.13. The number of carbonyl (C=O) groups is 1. The predicted molar refractivity (Wildman–Crippen MR) is 112 cm³/mol. The molecule has 0 bridgehead atoms. The molecule has 8 nitrogen and oxygen atoms in total. The van der Waals surface area contributed by atoms with Gasteiger partial charge in [-0.3, -0.25) is 9.78 Å². The molecule has 2 atom stereocenters. The molecule has 0 spiro atoms. The topological polar surface area (TPSA) is 113 Å². The summed E-state index contributed by atoms with van der Waals surface area (Å²) in [7, 11) is 0. The first-order valence-electron chi connectivity index (χ1n) is 9.64. The summed E-state index contributed by atoms with van der Waals surface area (Å²) < 4.78 is 34.5. The SMILES string of the molecule is CCOc1cnc(C(=O)Cc2ccnc([C@]3(C)C[C@@H](COC(F)F)SC(N)=N3)c2)cn1. The van der Waals surface area contributed by atoms with Gasteiger partial charge < -0.3 is 15.2 Å². The molecule has 3 heterocycles. The van der Waals surface area contributed by atoms with Gasteiger partial charge in [0.05, 0.1) is 31.3 Å². The van der Waals surface area contributed by atoms with Gasteiger partial charge in [0.1, 0.15) is 11.2 Å². The number of aliphatic imine (C=N–C) groups is 1. The Labute approximate surface area is 182 Å². The van der Waals surface area contributed by atoms with Gasteiger partial charge in [-0.05, 0) is 38.0 Å². The molecular formula is C20H23F2N5O3S. The first kappa shape index (κ1) is 23.0. The van der Waals surface area contributed by atoms with Gasteiger partial charge in [-0.15, -0.1) is 0 Å². The third kappa shape index (κ3) is 6.17. The van der Waals surface area contributed by atoms with Crippen molar-refractivity contribution in [2.24, 2.45) is 10.7 Å². The van der Waals surface area contributed by atoms with Crippen LogP contribution in [0.2, 0.25) is 0 Å². The Morgan fingerprint density at radius 3 is 2.84 bits per heavy atom. The van der Waals surface area contributed by atoms with Crippen molar-refractivity contribution in [2.75, 3.05) is 13.2 Å². The first-order valence-corrected chi connectivity index (χ1v) is 10.5. The Bertz CT molecular complexity index is 945. The molecule has 0 saturated carbocycles. The number of pyridine rings is 1. The number of ketones is 1. The minimum atomic E-state index is -2.84. The van der Waals surface area contributed by atoms with Crippen molar-refractivity contribution >= 4 is 22.7 Å². The van der Waals surface area contributed by atoms with E-state index in [1.807, 2.05) is 13.8 Å². The maximum atomic E-state index is 12.6. The molecule has 0 amide bonds. The molecule has 0 aromatic carbocycles. The minimum Gasteiger partial charge on any atom is -0.477 e. The number of carbonyl (C=O) groups excluding carboxylic acids is 1. The zero-order valence-corrected chi connectivity index (χ0v) is 17.9. The van der Waals surface area contributed by atoms with Gasteiger partial charge in [0.15, 0.2) is 11.0 Å². The normalized spacial score (nSPS) is 21.1. The quantitative estimate of drug-likeness (QED) is 0.579. The van der Waals surface area contributed by atoms with Crippen LogP contribution in [0.1, 0.15) is 42.0 Å². The molecule has 1 aliphatic heterocycles. The monoisotopic (exact) mass is 451 g/mol. The fourth-order valence-corrected chi connectivity index (χ4v) is 4.39. The molecule has 1 aliphatic rings. The average Bonchev–Trinajstić information content (AvgIpc) is 2.73. The number of nitrogens with two attached hydrogens (primary N) is 1. The average molecular weight is 451 g/mol. The van der Waals surface area contributed by atoms with Crippen LogP contribution in [0.3, 0.4) is 0 Å². The van der Waals surface area contributed by atoms with Crippen LogP contribution in [0.4, 0.5) is 8.78 Å². The molecule has 0 saturated heterocycles. The van der Waals surface area contributed by atoms with Crippen molar-refractivity contribution in [2.45, 2.75) is 44.1 Å². The van der Waals surface area contributed by atoms with Crippen molar-refractivity contribution in [1.29, 1.82) is 0 Å². The number of aromatic nitrogens is 3. The van der Waals surface area contributed by atoms with Crippen LogP contribution >= 0.6 is 11.8 Å². The lowest BCUT2D eigenvalue weighted by Crippen LogP contribution is -2.36. The van der Waals surface area contributed by atoms with Crippen LogP contribution in [-0.4, -0.2) is 51.0 Å². The number of halogens is 2. The zero-order chi connectivity index (χ0) is 22.4. The highest BCUT2D eigenvalue weighted by molar-refractivity contribution is 8.14. The number of hydrogen-bond donors (Lipinski definition) is 1. The van der Waals surface area contributed by atoms with Gasteiger partial charge in [0.2, 0.25) is 5.88 Å². The smallest absolute Gasteiger partial charge is 0.345 e. The van der Waals surface area contributed by atoms with Gasteiger partial charge in [-0.1, -0.05) is 11.8 Å². The standard InChI is InChI=1S/C20H23F2N5O3S/c1-3-29-17-10-25-14(9-26-17)15(28)6-12-4-5-24-16(7-12)20(2)8-13(11-30-18(21)22)31-19(23)27-20/h4-5,7,9-10,13,18H,3,6,8,11H2,1-2H3,(H2,23,27)/t13-,20-/m0/s1. The number of ether oxygens (including phenoxy) is 2. The molecule has 166 valence electrons. The minimum absolute atomic E-state index is 0.0974. The van der Waals surface area contributed by atoms with E-state index in [1.165, 1.54) is 24.2 Å². The third-order valence-electron chi connectivity index (χ3n) is 4.62. The van der Waals surface area contributed by atoms with E-state index in [2.05, 4.69) is 24.7 Å². The number of hydrogen-bond acceptors (Lipinski definition) is 9. The Morgan fingerprint density at radius 1 is 1.35 bits per heavy atom. The zero-order valence-electron chi connectivity index (χ0n) is 17.1. The summed E-state index contributed by atoms with van der Waals surface area (Å²) >= 11 is 1.20. The van der Waals surface area contributed by atoms with Crippen molar-refractivity contribution in [3.63, 3.8) is 0 Å². The van der Waals surface area contributed by atoms with Crippen LogP contribution in [0.25, 0.3) is 0 Å². The molecule has 11 heteroatoms. The van der Waals surface area contributed by atoms with Crippen LogP contribution in [0.15, 0.2) is 35.7 Å².